The number of nitrogens with one attached hydrogen (secondary N) is 1. The van der Waals surface area contributed by atoms with Crippen molar-refractivity contribution in [1.82, 2.24) is 9.85 Å². The zero-order valence-corrected chi connectivity index (χ0v) is 3.83. The lowest BCUT2D eigenvalue weighted by Gasteiger charge is -1.51. The van der Waals surface area contributed by atoms with E-state index in [-0.39, 0.29) is 9.29 Å². The van der Waals surface area contributed by atoms with Crippen molar-refractivity contribution >= 4 is 9.29 Å². The summed E-state index contributed by atoms with van der Waals surface area (Å²) in [6.45, 7) is 0. The molecule has 1 heterocycles. The van der Waals surface area contributed by atoms with Crippen molar-refractivity contribution in [2.45, 2.75) is 0 Å². The maximum atomic E-state index is 3.81. The number of hydrogen-bond donors (Lipinski definition) is 1. The smallest absolute Gasteiger partial charge is 0.167 e. The molecule has 0 aromatic carbocycles. The van der Waals surface area contributed by atoms with Gasteiger partial charge in [0.2, 0.25) is 0 Å². The fourth-order valence-corrected chi connectivity index (χ4v) is 0.645. The summed E-state index contributed by atoms with van der Waals surface area (Å²) >= 11 is 0. The zero-order chi connectivity index (χ0) is 3.54. The highest BCUT2D eigenvalue weighted by molar-refractivity contribution is 6.19. The van der Waals surface area contributed by atoms with Crippen molar-refractivity contribution < 1.29 is 0 Å². The van der Waals surface area contributed by atoms with Crippen LogP contribution in [-0.4, -0.2) is 19.1 Å². The summed E-state index contributed by atoms with van der Waals surface area (Å²) in [5, 5.41) is 2.70. The average molecular weight is 84.2 g/mol. The van der Waals surface area contributed by atoms with Crippen LogP contribution in [0, 0.1) is 0 Å². The number of hydrogen-bond acceptors (Lipinski definition) is 1. The van der Waals surface area contributed by atoms with Crippen molar-refractivity contribution in [2.75, 3.05) is 0 Å². The van der Waals surface area contributed by atoms with Crippen molar-refractivity contribution in [1.29, 1.82) is 0 Å². The van der Waals surface area contributed by atoms with Crippen molar-refractivity contribution in [3.63, 3.8) is 0 Å². The second kappa shape index (κ2) is 1.12. The molecule has 0 saturated carbocycles. The molecule has 1 rings (SSSR count). The summed E-state index contributed by atoms with van der Waals surface area (Å²) in [5.74, 6) is 0. The fraction of sp³-hybridized carbons (Fsp3) is 0. The van der Waals surface area contributed by atoms with E-state index in [0.717, 1.165) is 0 Å². The van der Waals surface area contributed by atoms with Gasteiger partial charge in [-0.1, -0.05) is 0 Å². The van der Waals surface area contributed by atoms with Gasteiger partial charge >= 0.3 is 0 Å². The molecule has 0 fully saturated rings. The van der Waals surface area contributed by atoms with Crippen LogP contribution in [0.4, 0.5) is 0 Å². The Morgan fingerprint density at radius 2 is 2.80 bits per heavy atom. The van der Waals surface area contributed by atoms with Gasteiger partial charge in [-0.15, -0.1) is 0 Å². The van der Waals surface area contributed by atoms with Gasteiger partial charge in [0.25, 0.3) is 0 Å². The van der Waals surface area contributed by atoms with Gasteiger partial charge in [-0.2, -0.15) is 0 Å². The van der Waals surface area contributed by atoms with E-state index in [0.29, 0.717) is 0 Å². The molecule has 0 bridgehead atoms. The molecule has 2 nitrogen and oxygen atoms in total. The first-order valence-electron chi connectivity index (χ1n) is 1.44. The highest BCUT2D eigenvalue weighted by atomic mass is 28.2. The Morgan fingerprint density at radius 1 is 1.80 bits per heavy atom. The Kier molecular flexibility index (Phi) is 0.622. The second-order valence-electron chi connectivity index (χ2n) is 0.766. The minimum absolute atomic E-state index is 0.259. The first kappa shape index (κ1) is 2.78. The van der Waals surface area contributed by atoms with E-state index in [9.17, 15) is 0 Å². The van der Waals surface area contributed by atoms with E-state index in [2.05, 4.69) is 9.85 Å². The van der Waals surface area contributed by atoms with Gasteiger partial charge in [-0.3, -0.25) is 5.10 Å². The molecule has 0 spiro atoms. The van der Waals surface area contributed by atoms with E-state index >= 15 is 0 Å². The van der Waals surface area contributed by atoms with Crippen LogP contribution in [0.25, 0.3) is 0 Å². The molecule has 0 radical (unpaired) electrons. The van der Waals surface area contributed by atoms with Gasteiger partial charge in [0.05, 0.1) is 0 Å². The molecule has 0 amide bonds. The third kappa shape index (κ3) is 0.415. The lowest BCUT2D eigenvalue weighted by atomic mass is 11.0. The molecular weight excluding hydrogens is 80.1 g/mol. The molecule has 1 N–H and O–H groups in total. The van der Waals surface area contributed by atoms with E-state index in [4.69, 9.17) is 0 Å². The zero-order valence-electron chi connectivity index (χ0n) is 2.68. The molecular formula is C2H4N2Si. The predicted molar refractivity (Wildman–Crippen MR) is 21.3 cm³/mol. The number of nitrogens with zero attached hydrogens (tertiary/aromatic N) is 1. The topological polar surface area (TPSA) is 28.7 Å². The lowest BCUT2D eigenvalue weighted by molar-refractivity contribution is 1.15. The van der Waals surface area contributed by atoms with Gasteiger partial charge in [0.15, 0.2) is 9.29 Å². The van der Waals surface area contributed by atoms with Gasteiger partial charge in [0, 0.05) is 6.20 Å². The van der Waals surface area contributed by atoms with Crippen LogP contribution in [-0.2, 0) is 0 Å². The summed E-state index contributed by atoms with van der Waals surface area (Å²) in [6.07, 6.45) is 1.86. The van der Waals surface area contributed by atoms with Gasteiger partial charge < -0.3 is 0 Å². The van der Waals surface area contributed by atoms with Crippen LogP contribution in [0.3, 0.4) is 0 Å². The minimum atomic E-state index is 0.259. The van der Waals surface area contributed by atoms with E-state index in [1.165, 1.54) is 0 Å². The van der Waals surface area contributed by atoms with Crippen LogP contribution in [0.15, 0.2) is 11.9 Å². The Hall–Kier alpha value is -0.443. The van der Waals surface area contributed by atoms with Crippen LogP contribution in [0.1, 0.15) is 0 Å². The standard InChI is InChI=1S/C2H4N2Si/c1-2-5-4-3-1/h1-3,5H. The molecule has 26 valence electrons. The second-order valence-corrected chi connectivity index (χ2v) is 1.71. The Bertz CT molecular complexity index is 64.1. The highest BCUT2D eigenvalue weighted by Gasteiger charge is 1.58. The average Bonchev–Trinajstić information content (AvgIpc) is 1.76. The van der Waals surface area contributed by atoms with Crippen LogP contribution in [0.5, 0.6) is 0 Å². The van der Waals surface area contributed by atoms with E-state index < -0.39 is 0 Å². The number of rotatable bonds is 0. The molecule has 1 aromatic heterocycles. The van der Waals surface area contributed by atoms with E-state index in [1.54, 1.807) is 0 Å². The Morgan fingerprint density at radius 3 is 3.00 bits per heavy atom. The maximum Gasteiger partial charge on any atom is 0.167 e. The molecule has 0 atom stereocenters. The quantitative estimate of drug-likeness (QED) is 0.421. The third-order valence-electron chi connectivity index (χ3n) is 0.406. The lowest BCUT2D eigenvalue weighted by Crippen LogP contribution is -1.63. The van der Waals surface area contributed by atoms with Crippen molar-refractivity contribution in [2.24, 2.45) is 0 Å². The number of H-pyrrole nitrogens is 1. The SMILES string of the molecule is c1c[siH]n[nH]1. The molecule has 0 aliphatic heterocycles. The predicted octanol–water partition coefficient (Wildman–Crippen LogP) is -0.520. The summed E-state index contributed by atoms with van der Waals surface area (Å²) < 4.78 is 3.81. The normalized spacial score (nSPS) is 8.00. The summed E-state index contributed by atoms with van der Waals surface area (Å²) in [4.78, 5) is 0. The Balaban J connectivity index is 3.13. The summed E-state index contributed by atoms with van der Waals surface area (Å²) in [5.41, 5.74) is 2.04. The summed E-state index contributed by atoms with van der Waals surface area (Å²) in [6, 6.07) is 0. The minimum Gasteiger partial charge on any atom is -0.296 e. The first-order valence-corrected chi connectivity index (χ1v) is 2.62. The molecule has 0 saturated heterocycles. The van der Waals surface area contributed by atoms with E-state index in [1.807, 2.05) is 11.9 Å². The van der Waals surface area contributed by atoms with Crippen LogP contribution < -0.4 is 0 Å². The van der Waals surface area contributed by atoms with Crippen molar-refractivity contribution in [3.05, 3.63) is 11.9 Å². The maximum absolute atomic E-state index is 3.81. The van der Waals surface area contributed by atoms with Gasteiger partial charge in [-0.25, -0.2) is 4.75 Å². The molecule has 0 unspecified atom stereocenters. The van der Waals surface area contributed by atoms with Crippen LogP contribution in [0.2, 0.25) is 0 Å². The number of aromatic nitrogens is 2. The van der Waals surface area contributed by atoms with Gasteiger partial charge in [-0.05, 0) is 5.68 Å². The molecule has 0 aliphatic rings. The molecule has 0 aliphatic carbocycles. The Labute approximate surface area is 32.1 Å². The van der Waals surface area contributed by atoms with Crippen LogP contribution >= 0.6 is 0 Å². The first-order chi connectivity index (χ1) is 2.50. The number of aromatic amines is 1. The third-order valence-corrected chi connectivity index (χ3v) is 1.07. The summed E-state index contributed by atoms with van der Waals surface area (Å²) in [7, 11) is 0.259. The molecule has 5 heavy (non-hydrogen) atoms. The monoisotopic (exact) mass is 84.0 g/mol. The van der Waals surface area contributed by atoms with Gasteiger partial charge in [0.1, 0.15) is 0 Å². The van der Waals surface area contributed by atoms with Crippen molar-refractivity contribution in [3.8, 4) is 0 Å². The molecule has 1 aromatic rings. The highest BCUT2D eigenvalue weighted by Crippen LogP contribution is 1.54. The molecule has 3 heteroatoms. The largest absolute Gasteiger partial charge is 0.296 e. The fourth-order valence-electron chi connectivity index (χ4n) is 0.215.